The SMILES string of the molecule is Cc1ccc(C)n1N1C(=O)C(=Cc2cccc(OCc3c(F)cccc3Cl)c2)SC1=S. The molecule has 1 aromatic heterocycles. The summed E-state index contributed by atoms with van der Waals surface area (Å²) in [5.74, 6) is -0.0505. The number of aromatic nitrogens is 1. The lowest BCUT2D eigenvalue weighted by Crippen LogP contribution is -2.39. The average molecular weight is 473 g/mol. The summed E-state index contributed by atoms with van der Waals surface area (Å²) in [5.41, 5.74) is 2.93. The molecule has 0 saturated carbocycles. The molecular formula is C23H18ClFN2O2S2. The Morgan fingerprint density at radius 2 is 1.84 bits per heavy atom. The highest BCUT2D eigenvalue weighted by Gasteiger charge is 2.34. The van der Waals surface area contributed by atoms with Crippen LogP contribution in [0.1, 0.15) is 22.5 Å². The van der Waals surface area contributed by atoms with Gasteiger partial charge < -0.3 is 4.74 Å². The van der Waals surface area contributed by atoms with Crippen molar-refractivity contribution in [1.29, 1.82) is 0 Å². The number of thioether (sulfide) groups is 1. The lowest BCUT2D eigenvalue weighted by atomic mass is 10.2. The van der Waals surface area contributed by atoms with Crippen LogP contribution in [0, 0.1) is 19.7 Å². The van der Waals surface area contributed by atoms with Crippen molar-refractivity contribution in [3.05, 3.63) is 92.9 Å². The van der Waals surface area contributed by atoms with Gasteiger partial charge in [0.25, 0.3) is 5.91 Å². The fourth-order valence-electron chi connectivity index (χ4n) is 3.28. The predicted octanol–water partition coefficient (Wildman–Crippen LogP) is 6.01. The second-order valence-corrected chi connectivity index (χ2v) is 9.07. The molecule has 0 bridgehead atoms. The van der Waals surface area contributed by atoms with Crippen molar-refractivity contribution in [2.24, 2.45) is 0 Å². The first kappa shape index (κ1) is 21.6. The number of ether oxygens (including phenoxy) is 1. The number of aryl methyl sites for hydroxylation is 2. The van der Waals surface area contributed by atoms with Crippen LogP contribution in [0.4, 0.5) is 4.39 Å². The summed E-state index contributed by atoms with van der Waals surface area (Å²) in [7, 11) is 0. The van der Waals surface area contributed by atoms with Crippen LogP contribution in [-0.4, -0.2) is 14.9 Å². The van der Waals surface area contributed by atoms with Gasteiger partial charge in [-0.05, 0) is 74.1 Å². The minimum absolute atomic E-state index is 0.00323. The van der Waals surface area contributed by atoms with Crippen molar-refractivity contribution in [2.45, 2.75) is 20.5 Å². The van der Waals surface area contributed by atoms with Gasteiger partial charge in [-0.15, -0.1) is 0 Å². The zero-order valence-corrected chi connectivity index (χ0v) is 19.2. The Bertz CT molecular complexity index is 1180. The molecule has 158 valence electrons. The molecular weight excluding hydrogens is 455 g/mol. The van der Waals surface area contributed by atoms with Crippen molar-refractivity contribution in [3.8, 4) is 5.75 Å². The quantitative estimate of drug-likeness (QED) is 0.336. The molecule has 4 rings (SSSR count). The smallest absolute Gasteiger partial charge is 0.285 e. The van der Waals surface area contributed by atoms with Gasteiger partial charge in [0.15, 0.2) is 4.32 Å². The van der Waals surface area contributed by atoms with Gasteiger partial charge in [0, 0.05) is 17.0 Å². The lowest BCUT2D eigenvalue weighted by Gasteiger charge is -2.20. The zero-order valence-electron chi connectivity index (χ0n) is 16.8. The van der Waals surface area contributed by atoms with Gasteiger partial charge in [-0.3, -0.25) is 9.47 Å². The summed E-state index contributed by atoms with van der Waals surface area (Å²) in [5, 5.41) is 1.83. The molecule has 0 N–H and O–H groups in total. The minimum atomic E-state index is -0.414. The van der Waals surface area contributed by atoms with E-state index in [4.69, 9.17) is 28.6 Å². The Balaban J connectivity index is 1.54. The van der Waals surface area contributed by atoms with E-state index in [2.05, 4.69) is 0 Å². The van der Waals surface area contributed by atoms with E-state index < -0.39 is 5.82 Å². The second kappa shape index (κ2) is 8.86. The number of nitrogens with zero attached hydrogens (tertiary/aromatic N) is 2. The normalized spacial score (nSPS) is 15.2. The highest BCUT2D eigenvalue weighted by molar-refractivity contribution is 8.27. The van der Waals surface area contributed by atoms with E-state index in [1.165, 1.54) is 22.8 Å². The van der Waals surface area contributed by atoms with E-state index in [0.29, 0.717) is 25.6 Å². The van der Waals surface area contributed by atoms with Crippen LogP contribution < -0.4 is 9.75 Å². The molecule has 0 atom stereocenters. The highest BCUT2D eigenvalue weighted by atomic mass is 35.5. The molecule has 2 aromatic carbocycles. The van der Waals surface area contributed by atoms with Gasteiger partial charge in [0.2, 0.25) is 0 Å². The molecule has 1 aliphatic heterocycles. The van der Waals surface area contributed by atoms with Gasteiger partial charge in [-0.2, -0.15) is 5.01 Å². The summed E-state index contributed by atoms with van der Waals surface area (Å²) >= 11 is 12.8. The van der Waals surface area contributed by atoms with Crippen molar-refractivity contribution in [1.82, 2.24) is 4.68 Å². The van der Waals surface area contributed by atoms with E-state index in [1.54, 1.807) is 30.3 Å². The second-order valence-electron chi connectivity index (χ2n) is 6.98. The number of benzene rings is 2. The van der Waals surface area contributed by atoms with Crippen molar-refractivity contribution in [2.75, 3.05) is 5.01 Å². The maximum atomic E-state index is 14.0. The van der Waals surface area contributed by atoms with Crippen LogP contribution in [0.15, 0.2) is 59.5 Å². The van der Waals surface area contributed by atoms with Crippen molar-refractivity contribution in [3.63, 3.8) is 0 Å². The van der Waals surface area contributed by atoms with Crippen molar-refractivity contribution >= 4 is 51.9 Å². The van der Waals surface area contributed by atoms with Gasteiger partial charge in [-0.1, -0.05) is 41.6 Å². The Kier molecular flexibility index (Phi) is 6.18. The third kappa shape index (κ3) is 4.39. The fraction of sp³-hybridized carbons (Fsp3) is 0.130. The molecule has 8 heteroatoms. The maximum absolute atomic E-state index is 14.0. The minimum Gasteiger partial charge on any atom is -0.489 e. The first-order chi connectivity index (χ1) is 14.8. The number of carbonyl (C=O) groups excluding carboxylic acids is 1. The number of halogens is 2. The summed E-state index contributed by atoms with van der Waals surface area (Å²) < 4.78 is 22.0. The van der Waals surface area contributed by atoms with Gasteiger partial charge in [0.05, 0.1) is 9.93 Å². The fourth-order valence-corrected chi connectivity index (χ4v) is 4.74. The Morgan fingerprint density at radius 1 is 1.13 bits per heavy atom. The molecule has 1 aliphatic rings. The van der Waals surface area contributed by atoms with E-state index in [9.17, 15) is 9.18 Å². The molecule has 1 fully saturated rings. The first-order valence-corrected chi connectivity index (χ1v) is 11.0. The van der Waals surface area contributed by atoms with Gasteiger partial charge in [-0.25, -0.2) is 4.39 Å². The molecule has 1 saturated heterocycles. The van der Waals surface area contributed by atoms with E-state index >= 15 is 0 Å². The monoisotopic (exact) mass is 472 g/mol. The molecule has 0 spiro atoms. The summed E-state index contributed by atoms with van der Waals surface area (Å²) in [4.78, 5) is 13.6. The van der Waals surface area contributed by atoms with Crippen molar-refractivity contribution < 1.29 is 13.9 Å². The summed E-state index contributed by atoms with van der Waals surface area (Å²) in [6.07, 6.45) is 1.77. The third-order valence-electron chi connectivity index (χ3n) is 4.81. The lowest BCUT2D eigenvalue weighted by molar-refractivity contribution is -0.114. The van der Waals surface area contributed by atoms with Crippen LogP contribution in [0.25, 0.3) is 6.08 Å². The van der Waals surface area contributed by atoms with E-state index in [1.807, 2.05) is 42.8 Å². The summed E-state index contributed by atoms with van der Waals surface area (Å²) in [6, 6.07) is 15.6. The van der Waals surface area contributed by atoms with Crippen LogP contribution in [0.3, 0.4) is 0 Å². The number of thiocarbonyl (C=S) groups is 1. The zero-order chi connectivity index (χ0) is 22.1. The maximum Gasteiger partial charge on any atom is 0.285 e. The number of amides is 1. The van der Waals surface area contributed by atoms with Gasteiger partial charge in [0.1, 0.15) is 18.2 Å². The third-order valence-corrected chi connectivity index (χ3v) is 6.44. The Labute approximate surface area is 194 Å². The first-order valence-electron chi connectivity index (χ1n) is 9.44. The molecule has 31 heavy (non-hydrogen) atoms. The van der Waals surface area contributed by atoms with Crippen LogP contribution in [0.2, 0.25) is 5.02 Å². The molecule has 4 nitrogen and oxygen atoms in total. The average Bonchev–Trinajstić information content (AvgIpc) is 3.19. The predicted molar refractivity (Wildman–Crippen MR) is 127 cm³/mol. The van der Waals surface area contributed by atoms with E-state index in [0.717, 1.165) is 17.0 Å². The topological polar surface area (TPSA) is 34.5 Å². The number of rotatable bonds is 5. The van der Waals surface area contributed by atoms with E-state index in [-0.39, 0.29) is 12.5 Å². The Hall–Kier alpha value is -2.61. The van der Waals surface area contributed by atoms with Crippen LogP contribution >= 0.6 is 35.6 Å². The largest absolute Gasteiger partial charge is 0.489 e. The summed E-state index contributed by atoms with van der Waals surface area (Å²) in [6.45, 7) is 3.86. The van der Waals surface area contributed by atoms with Gasteiger partial charge >= 0.3 is 0 Å². The standard InChI is InChI=1S/C23H18ClFN2O2S2/c1-14-9-10-15(2)26(14)27-22(28)21(31-23(27)30)12-16-5-3-6-17(11-16)29-13-18-19(24)7-4-8-20(18)25/h3-12H,13H2,1-2H3. The molecule has 0 aliphatic carbocycles. The molecule has 0 radical (unpaired) electrons. The molecule has 0 unspecified atom stereocenters. The number of carbonyl (C=O) groups is 1. The number of hydrogen-bond donors (Lipinski definition) is 0. The molecule has 3 aromatic rings. The Morgan fingerprint density at radius 3 is 2.55 bits per heavy atom. The van der Waals surface area contributed by atoms with Crippen LogP contribution in [0.5, 0.6) is 5.75 Å². The molecule has 1 amide bonds. The number of hydrogen-bond acceptors (Lipinski definition) is 4. The van der Waals surface area contributed by atoms with Crippen LogP contribution in [-0.2, 0) is 11.4 Å². The molecule has 2 heterocycles. The highest BCUT2D eigenvalue weighted by Crippen LogP contribution is 2.33.